The molecule has 1 saturated heterocycles. The number of aryl methyl sites for hydroxylation is 1. The van der Waals surface area contributed by atoms with Crippen LogP contribution in [0.4, 0.5) is 5.82 Å². The van der Waals surface area contributed by atoms with Gasteiger partial charge in [0.1, 0.15) is 5.82 Å². The predicted octanol–water partition coefficient (Wildman–Crippen LogP) is 1.55. The highest BCUT2D eigenvalue weighted by atomic mass is 16.5. The van der Waals surface area contributed by atoms with Crippen molar-refractivity contribution < 1.29 is 9.53 Å². The van der Waals surface area contributed by atoms with Gasteiger partial charge >= 0.3 is 0 Å². The Kier molecular flexibility index (Phi) is 4.37. The number of nitrogens with zero attached hydrogens (tertiary/aromatic N) is 2. The third-order valence-corrected chi connectivity index (χ3v) is 3.27. The number of ether oxygens (including phenoxy) is 1. The summed E-state index contributed by atoms with van der Waals surface area (Å²) in [6.45, 7) is 5.94. The van der Waals surface area contributed by atoms with E-state index >= 15 is 0 Å². The first-order valence-electron chi connectivity index (χ1n) is 6.73. The molecule has 0 bridgehead atoms. The van der Waals surface area contributed by atoms with Gasteiger partial charge in [0, 0.05) is 31.4 Å². The first-order valence-corrected chi connectivity index (χ1v) is 6.73. The van der Waals surface area contributed by atoms with Crippen molar-refractivity contribution >= 4 is 11.7 Å². The van der Waals surface area contributed by atoms with Crippen LogP contribution in [-0.2, 0) is 11.2 Å². The van der Waals surface area contributed by atoms with Gasteiger partial charge in [-0.15, -0.1) is 0 Å². The van der Waals surface area contributed by atoms with Crippen molar-refractivity contribution in [3.05, 3.63) is 23.4 Å². The van der Waals surface area contributed by atoms with Gasteiger partial charge < -0.3 is 15.0 Å². The number of pyridine rings is 1. The molecule has 2 heterocycles. The van der Waals surface area contributed by atoms with Gasteiger partial charge in [-0.05, 0) is 25.5 Å². The van der Waals surface area contributed by atoms with Crippen LogP contribution in [0.3, 0.4) is 0 Å². The van der Waals surface area contributed by atoms with Crippen LogP contribution in [0, 0.1) is 0 Å². The zero-order chi connectivity index (χ0) is 13.8. The van der Waals surface area contributed by atoms with E-state index in [0.29, 0.717) is 25.3 Å². The first-order chi connectivity index (χ1) is 9.13. The molecule has 1 N–H and O–H groups in total. The highest BCUT2D eigenvalue weighted by Crippen LogP contribution is 2.15. The normalized spacial score (nSPS) is 19.3. The molecule has 0 aliphatic carbocycles. The molecular formula is C14H21N3O2. The maximum absolute atomic E-state index is 12.5. The number of carbonyl (C=O) groups excluding carboxylic acids is 1. The quantitative estimate of drug-likeness (QED) is 0.899. The second-order valence-corrected chi connectivity index (χ2v) is 4.77. The molecule has 104 valence electrons. The maximum Gasteiger partial charge on any atom is 0.254 e. The summed E-state index contributed by atoms with van der Waals surface area (Å²) in [6.07, 6.45) is 0.920. The van der Waals surface area contributed by atoms with Crippen LogP contribution >= 0.6 is 0 Å². The van der Waals surface area contributed by atoms with E-state index in [1.165, 1.54) is 0 Å². The lowest BCUT2D eigenvalue weighted by Crippen LogP contribution is -2.44. The number of amides is 1. The Bertz CT molecular complexity index is 440. The summed E-state index contributed by atoms with van der Waals surface area (Å²) in [5.41, 5.74) is 1.63. The van der Waals surface area contributed by atoms with E-state index < -0.39 is 0 Å². The van der Waals surface area contributed by atoms with E-state index in [4.69, 9.17) is 4.74 Å². The molecular weight excluding hydrogens is 242 g/mol. The minimum atomic E-state index is 0.0590. The summed E-state index contributed by atoms with van der Waals surface area (Å²) >= 11 is 0. The van der Waals surface area contributed by atoms with Gasteiger partial charge in [0.15, 0.2) is 0 Å². The van der Waals surface area contributed by atoms with Gasteiger partial charge in [-0.25, -0.2) is 4.98 Å². The second kappa shape index (κ2) is 6.02. The highest BCUT2D eigenvalue weighted by molar-refractivity contribution is 5.95. The van der Waals surface area contributed by atoms with E-state index in [1.807, 2.05) is 37.9 Å². The molecule has 19 heavy (non-hydrogen) atoms. The summed E-state index contributed by atoms with van der Waals surface area (Å²) in [5, 5.41) is 3.00. The Labute approximate surface area is 114 Å². The monoisotopic (exact) mass is 263 g/mol. The highest BCUT2D eigenvalue weighted by Gasteiger charge is 2.23. The summed E-state index contributed by atoms with van der Waals surface area (Å²) in [4.78, 5) is 18.8. The van der Waals surface area contributed by atoms with Gasteiger partial charge in [-0.2, -0.15) is 0 Å². The molecule has 1 fully saturated rings. The molecule has 0 saturated carbocycles. The van der Waals surface area contributed by atoms with E-state index in [2.05, 4.69) is 10.3 Å². The zero-order valence-corrected chi connectivity index (χ0v) is 11.8. The lowest BCUT2D eigenvalue weighted by molar-refractivity contribution is -0.0124. The van der Waals surface area contributed by atoms with Crippen molar-refractivity contribution in [2.75, 3.05) is 32.1 Å². The van der Waals surface area contributed by atoms with Gasteiger partial charge in [-0.3, -0.25) is 4.79 Å². The number of rotatable bonds is 3. The minimum absolute atomic E-state index is 0.0590. The molecule has 0 aromatic carbocycles. The average Bonchev–Trinajstić information content (AvgIpc) is 2.45. The molecule has 1 aromatic heterocycles. The Hall–Kier alpha value is -1.62. The first kappa shape index (κ1) is 13.8. The predicted molar refractivity (Wildman–Crippen MR) is 74.5 cm³/mol. The van der Waals surface area contributed by atoms with Crippen molar-refractivity contribution in [1.29, 1.82) is 0 Å². The molecule has 5 nitrogen and oxygen atoms in total. The van der Waals surface area contributed by atoms with Crippen molar-refractivity contribution in [3.63, 3.8) is 0 Å². The smallest absolute Gasteiger partial charge is 0.254 e. The van der Waals surface area contributed by atoms with E-state index in [-0.39, 0.29) is 12.0 Å². The number of morpholine rings is 1. The van der Waals surface area contributed by atoms with Crippen LogP contribution in [0.25, 0.3) is 0 Å². The molecule has 0 radical (unpaired) electrons. The molecule has 1 atom stereocenters. The fourth-order valence-electron chi connectivity index (χ4n) is 2.21. The van der Waals surface area contributed by atoms with Crippen LogP contribution in [0.2, 0.25) is 0 Å². The SMILES string of the molecule is CCc1cc(C(=O)N2CCOC(C)C2)cc(NC)n1. The molecule has 1 aliphatic heterocycles. The average molecular weight is 263 g/mol. The standard InChI is InChI=1S/C14H21N3O2/c1-4-12-7-11(8-13(15-3)16-12)14(18)17-5-6-19-10(2)9-17/h7-8,10H,4-6,9H2,1-3H3,(H,15,16). The van der Waals surface area contributed by atoms with Gasteiger partial charge in [-0.1, -0.05) is 6.92 Å². The number of nitrogens with one attached hydrogen (secondary N) is 1. The molecule has 0 spiro atoms. The maximum atomic E-state index is 12.5. The summed E-state index contributed by atoms with van der Waals surface area (Å²) in [5.74, 6) is 0.799. The van der Waals surface area contributed by atoms with Crippen molar-refractivity contribution in [2.45, 2.75) is 26.4 Å². The number of hydrogen-bond acceptors (Lipinski definition) is 4. The van der Waals surface area contributed by atoms with Crippen LogP contribution < -0.4 is 5.32 Å². The van der Waals surface area contributed by atoms with E-state index in [1.54, 1.807) is 0 Å². The van der Waals surface area contributed by atoms with E-state index in [9.17, 15) is 4.79 Å². The third kappa shape index (κ3) is 3.23. The number of carbonyl (C=O) groups is 1. The molecule has 1 aromatic rings. The Balaban J connectivity index is 2.22. The molecule has 2 rings (SSSR count). The zero-order valence-electron chi connectivity index (χ0n) is 11.8. The van der Waals surface area contributed by atoms with Crippen LogP contribution in [0.15, 0.2) is 12.1 Å². The number of hydrogen-bond donors (Lipinski definition) is 1. The second-order valence-electron chi connectivity index (χ2n) is 4.77. The lowest BCUT2D eigenvalue weighted by Gasteiger charge is -2.31. The van der Waals surface area contributed by atoms with Crippen LogP contribution in [0.1, 0.15) is 29.9 Å². The summed E-state index contributed by atoms with van der Waals surface area (Å²) in [6, 6.07) is 3.69. The van der Waals surface area contributed by atoms with Crippen molar-refractivity contribution in [3.8, 4) is 0 Å². The Morgan fingerprint density at radius 3 is 3.00 bits per heavy atom. The molecule has 1 unspecified atom stereocenters. The molecule has 1 aliphatic rings. The molecule has 5 heteroatoms. The van der Waals surface area contributed by atoms with Gasteiger partial charge in [0.25, 0.3) is 5.91 Å². The number of aromatic nitrogens is 1. The van der Waals surface area contributed by atoms with Crippen LogP contribution in [0.5, 0.6) is 0 Å². The van der Waals surface area contributed by atoms with Crippen LogP contribution in [-0.4, -0.2) is 48.6 Å². The topological polar surface area (TPSA) is 54.5 Å². The third-order valence-electron chi connectivity index (χ3n) is 3.27. The van der Waals surface area contributed by atoms with Gasteiger partial charge in [0.2, 0.25) is 0 Å². The van der Waals surface area contributed by atoms with Gasteiger partial charge in [0.05, 0.1) is 12.7 Å². The largest absolute Gasteiger partial charge is 0.375 e. The minimum Gasteiger partial charge on any atom is -0.375 e. The summed E-state index contributed by atoms with van der Waals surface area (Å²) < 4.78 is 5.47. The summed E-state index contributed by atoms with van der Waals surface area (Å²) in [7, 11) is 1.81. The Morgan fingerprint density at radius 2 is 2.37 bits per heavy atom. The lowest BCUT2D eigenvalue weighted by atomic mass is 10.1. The molecule has 1 amide bonds. The fraction of sp³-hybridized carbons (Fsp3) is 0.571. The Morgan fingerprint density at radius 1 is 1.58 bits per heavy atom. The van der Waals surface area contributed by atoms with E-state index in [0.717, 1.165) is 17.9 Å². The number of anilines is 1. The van der Waals surface area contributed by atoms with Crippen molar-refractivity contribution in [2.24, 2.45) is 0 Å². The van der Waals surface area contributed by atoms with Crippen molar-refractivity contribution in [1.82, 2.24) is 9.88 Å². The fourth-order valence-corrected chi connectivity index (χ4v) is 2.21.